The first-order valence-corrected chi connectivity index (χ1v) is 6.64. The molecule has 4 N–H and O–H groups in total. The Hall–Kier alpha value is -2.83. The highest BCUT2D eigenvalue weighted by atomic mass is 16.5. The number of nitrogens with two attached hydrogens (primary N) is 2. The van der Waals surface area contributed by atoms with Crippen LogP contribution in [0.4, 0.5) is 11.5 Å². The summed E-state index contributed by atoms with van der Waals surface area (Å²) in [6, 6.07) is 7.45. The number of hydrogen-bond acceptors (Lipinski definition) is 6. The van der Waals surface area contributed by atoms with Crippen molar-refractivity contribution in [1.82, 2.24) is 19.5 Å². The fourth-order valence-electron chi connectivity index (χ4n) is 2.09. The number of anilines is 2. The van der Waals surface area contributed by atoms with E-state index < -0.39 is 0 Å². The number of aromatic nitrogens is 4. The molecule has 1 aromatic carbocycles. The molecule has 3 aromatic rings. The Morgan fingerprint density at radius 1 is 1.10 bits per heavy atom. The Labute approximate surface area is 121 Å². The van der Waals surface area contributed by atoms with Crippen molar-refractivity contribution in [3.8, 4) is 5.75 Å². The number of nitrogen functional groups attached to an aromatic ring is 2. The second kappa shape index (κ2) is 5.66. The molecule has 21 heavy (non-hydrogen) atoms. The third-order valence-corrected chi connectivity index (χ3v) is 3.15. The first kappa shape index (κ1) is 13.2. The molecule has 0 aliphatic rings. The minimum Gasteiger partial charge on any atom is -0.491 e. The van der Waals surface area contributed by atoms with E-state index >= 15 is 0 Å². The molecule has 0 aliphatic carbocycles. The highest BCUT2D eigenvalue weighted by molar-refractivity contribution is 5.81. The summed E-state index contributed by atoms with van der Waals surface area (Å²) in [5.74, 6) is 1.10. The van der Waals surface area contributed by atoms with Gasteiger partial charge in [-0.15, -0.1) is 0 Å². The van der Waals surface area contributed by atoms with Gasteiger partial charge in [0.1, 0.15) is 17.6 Å². The van der Waals surface area contributed by atoms with Gasteiger partial charge < -0.3 is 20.8 Å². The quantitative estimate of drug-likeness (QED) is 0.543. The van der Waals surface area contributed by atoms with Gasteiger partial charge in [-0.1, -0.05) is 12.1 Å². The lowest BCUT2D eigenvalue weighted by molar-refractivity contribution is 0.304. The van der Waals surface area contributed by atoms with Crippen molar-refractivity contribution in [2.45, 2.75) is 13.0 Å². The molecule has 0 fully saturated rings. The SMILES string of the molecule is Nc1ccccc1OCCCn1cnc2c(N)ncnc21. The number of aryl methyl sites for hydroxylation is 1. The highest BCUT2D eigenvalue weighted by Crippen LogP contribution is 2.20. The minimum absolute atomic E-state index is 0.395. The summed E-state index contributed by atoms with van der Waals surface area (Å²) >= 11 is 0. The van der Waals surface area contributed by atoms with Crippen LogP contribution in [0.5, 0.6) is 5.75 Å². The van der Waals surface area contributed by atoms with Gasteiger partial charge in [0.05, 0.1) is 18.6 Å². The number of hydrogen-bond donors (Lipinski definition) is 2. The van der Waals surface area contributed by atoms with Crippen LogP contribution >= 0.6 is 0 Å². The van der Waals surface area contributed by atoms with Crippen LogP contribution in [0.15, 0.2) is 36.9 Å². The van der Waals surface area contributed by atoms with Crippen molar-refractivity contribution in [1.29, 1.82) is 0 Å². The predicted molar refractivity (Wildman–Crippen MR) is 80.7 cm³/mol. The van der Waals surface area contributed by atoms with Crippen molar-refractivity contribution in [3.63, 3.8) is 0 Å². The van der Waals surface area contributed by atoms with E-state index in [1.807, 2.05) is 28.8 Å². The van der Waals surface area contributed by atoms with Crippen LogP contribution in [0.25, 0.3) is 11.2 Å². The van der Waals surface area contributed by atoms with Gasteiger partial charge in [0.15, 0.2) is 11.5 Å². The average molecular weight is 284 g/mol. The maximum absolute atomic E-state index is 5.82. The van der Waals surface area contributed by atoms with Crippen molar-refractivity contribution < 1.29 is 4.74 Å². The zero-order valence-electron chi connectivity index (χ0n) is 11.4. The van der Waals surface area contributed by atoms with Gasteiger partial charge in [-0.25, -0.2) is 15.0 Å². The fraction of sp³-hybridized carbons (Fsp3) is 0.214. The Morgan fingerprint density at radius 3 is 2.81 bits per heavy atom. The number of nitrogens with zero attached hydrogens (tertiary/aromatic N) is 4. The van der Waals surface area contributed by atoms with Gasteiger partial charge in [-0.3, -0.25) is 0 Å². The molecule has 0 bridgehead atoms. The molecule has 0 radical (unpaired) electrons. The Kier molecular flexibility index (Phi) is 3.55. The lowest BCUT2D eigenvalue weighted by Crippen LogP contribution is -2.05. The molecule has 0 aliphatic heterocycles. The molecule has 0 atom stereocenters. The largest absolute Gasteiger partial charge is 0.491 e. The van der Waals surface area contributed by atoms with Crippen molar-refractivity contribution in [2.75, 3.05) is 18.1 Å². The first-order chi connectivity index (χ1) is 10.3. The Balaban J connectivity index is 1.60. The second-order valence-electron chi connectivity index (χ2n) is 4.61. The van der Waals surface area contributed by atoms with E-state index in [0.29, 0.717) is 29.4 Å². The molecule has 0 saturated heterocycles. The third-order valence-electron chi connectivity index (χ3n) is 3.15. The Morgan fingerprint density at radius 2 is 1.95 bits per heavy atom. The number of para-hydroxylation sites is 2. The molecule has 108 valence electrons. The number of rotatable bonds is 5. The smallest absolute Gasteiger partial charge is 0.165 e. The standard InChI is InChI=1S/C14H16N6O/c15-10-4-1-2-5-11(10)21-7-3-6-20-9-19-12-13(16)17-8-18-14(12)20/h1-2,4-5,8-9H,3,6-7,15H2,(H2,16,17,18). The van der Waals surface area contributed by atoms with E-state index in [1.54, 1.807) is 6.33 Å². The summed E-state index contributed by atoms with van der Waals surface area (Å²) in [5, 5.41) is 0. The van der Waals surface area contributed by atoms with Crippen molar-refractivity contribution >= 4 is 22.7 Å². The van der Waals surface area contributed by atoms with E-state index in [9.17, 15) is 0 Å². The van der Waals surface area contributed by atoms with Crippen LogP contribution in [0.3, 0.4) is 0 Å². The maximum atomic E-state index is 5.82. The zero-order chi connectivity index (χ0) is 14.7. The van der Waals surface area contributed by atoms with E-state index in [-0.39, 0.29) is 0 Å². The van der Waals surface area contributed by atoms with Gasteiger partial charge >= 0.3 is 0 Å². The van der Waals surface area contributed by atoms with Crippen molar-refractivity contribution in [3.05, 3.63) is 36.9 Å². The number of fused-ring (bicyclic) bond motifs is 1. The van der Waals surface area contributed by atoms with Gasteiger partial charge in [0.2, 0.25) is 0 Å². The molecular formula is C14H16N6O. The summed E-state index contributed by atoms with van der Waals surface area (Å²) in [7, 11) is 0. The van der Waals surface area contributed by atoms with Crippen LogP contribution in [0.2, 0.25) is 0 Å². The van der Waals surface area contributed by atoms with Crippen LogP contribution in [0.1, 0.15) is 6.42 Å². The Bertz CT molecular complexity index is 754. The molecule has 2 heterocycles. The topological polar surface area (TPSA) is 105 Å². The molecule has 0 unspecified atom stereocenters. The molecule has 2 aromatic heterocycles. The predicted octanol–water partition coefficient (Wildman–Crippen LogP) is 1.46. The van der Waals surface area contributed by atoms with Gasteiger partial charge in [0, 0.05) is 6.54 Å². The zero-order valence-corrected chi connectivity index (χ0v) is 11.4. The maximum Gasteiger partial charge on any atom is 0.165 e. The monoisotopic (exact) mass is 284 g/mol. The summed E-state index contributed by atoms with van der Waals surface area (Å²) in [5.41, 5.74) is 13.6. The van der Waals surface area contributed by atoms with Gasteiger partial charge in [-0.05, 0) is 18.6 Å². The normalized spacial score (nSPS) is 10.9. The summed E-state index contributed by atoms with van der Waals surface area (Å²) in [6.07, 6.45) is 3.97. The third kappa shape index (κ3) is 2.71. The fourth-order valence-corrected chi connectivity index (χ4v) is 2.09. The summed E-state index contributed by atoms with van der Waals surface area (Å²) in [6.45, 7) is 1.30. The van der Waals surface area contributed by atoms with Crippen LogP contribution in [0, 0.1) is 0 Å². The van der Waals surface area contributed by atoms with E-state index in [4.69, 9.17) is 16.2 Å². The second-order valence-corrected chi connectivity index (χ2v) is 4.61. The molecular weight excluding hydrogens is 268 g/mol. The van der Waals surface area contributed by atoms with Crippen LogP contribution < -0.4 is 16.2 Å². The molecule has 7 nitrogen and oxygen atoms in total. The lowest BCUT2D eigenvalue weighted by Gasteiger charge is -2.08. The highest BCUT2D eigenvalue weighted by Gasteiger charge is 2.07. The molecule has 0 saturated carbocycles. The average Bonchev–Trinajstić information content (AvgIpc) is 2.90. The van der Waals surface area contributed by atoms with E-state index in [2.05, 4.69) is 15.0 Å². The van der Waals surface area contributed by atoms with E-state index in [1.165, 1.54) is 6.33 Å². The molecule has 0 amide bonds. The molecule has 3 rings (SSSR count). The van der Waals surface area contributed by atoms with Crippen LogP contribution in [-0.2, 0) is 6.54 Å². The van der Waals surface area contributed by atoms with Crippen LogP contribution in [-0.4, -0.2) is 26.1 Å². The summed E-state index contributed by atoms with van der Waals surface area (Å²) < 4.78 is 7.59. The molecule has 7 heteroatoms. The summed E-state index contributed by atoms with van der Waals surface area (Å²) in [4.78, 5) is 12.3. The van der Waals surface area contributed by atoms with Crippen molar-refractivity contribution in [2.24, 2.45) is 0 Å². The number of imidazole rings is 1. The minimum atomic E-state index is 0.395. The number of ether oxygens (including phenoxy) is 1. The lowest BCUT2D eigenvalue weighted by atomic mass is 10.3. The first-order valence-electron chi connectivity index (χ1n) is 6.64. The molecule has 0 spiro atoms. The number of benzene rings is 1. The van der Waals surface area contributed by atoms with Gasteiger partial charge in [-0.2, -0.15) is 0 Å². The van der Waals surface area contributed by atoms with E-state index in [0.717, 1.165) is 18.6 Å². The van der Waals surface area contributed by atoms with Gasteiger partial charge in [0.25, 0.3) is 0 Å².